The summed E-state index contributed by atoms with van der Waals surface area (Å²) in [6, 6.07) is 7.46. The molecule has 1 aromatic rings. The number of fused-ring (bicyclic) bond motifs is 1. The van der Waals surface area contributed by atoms with Crippen molar-refractivity contribution in [3.8, 4) is 11.5 Å². The van der Waals surface area contributed by atoms with E-state index in [0.29, 0.717) is 37.7 Å². The van der Waals surface area contributed by atoms with Crippen LogP contribution in [0, 0.1) is 0 Å². The number of rotatable bonds is 9. The van der Waals surface area contributed by atoms with Crippen LogP contribution in [0.2, 0.25) is 0 Å². The van der Waals surface area contributed by atoms with Gasteiger partial charge in [-0.15, -0.1) is 0 Å². The first-order valence-electron chi connectivity index (χ1n) is 8.59. The molecule has 0 aromatic heterocycles. The topological polar surface area (TPSA) is 59.1 Å². The van der Waals surface area contributed by atoms with Crippen LogP contribution in [0.4, 0.5) is 0 Å². The lowest BCUT2D eigenvalue weighted by atomic mass is 10.2. The van der Waals surface area contributed by atoms with Crippen molar-refractivity contribution in [2.24, 2.45) is 0 Å². The van der Waals surface area contributed by atoms with Crippen molar-refractivity contribution in [1.29, 1.82) is 0 Å². The van der Waals surface area contributed by atoms with Gasteiger partial charge in [0.25, 0.3) is 10.2 Å². The molecule has 0 aliphatic carbocycles. The summed E-state index contributed by atoms with van der Waals surface area (Å²) in [6.45, 7) is 5.67. The number of hydrogen-bond acceptors (Lipinski definition) is 4. The van der Waals surface area contributed by atoms with E-state index >= 15 is 0 Å². The fraction of sp³-hybridized carbons (Fsp3) is 0.647. The second kappa shape index (κ2) is 8.69. The predicted molar refractivity (Wildman–Crippen MR) is 94.7 cm³/mol. The lowest BCUT2D eigenvalue weighted by molar-refractivity contribution is 0.0753. The van der Waals surface area contributed by atoms with Crippen LogP contribution < -0.4 is 9.47 Å². The normalized spacial score (nSPS) is 17.5. The first-order valence-corrected chi connectivity index (χ1v) is 9.98. The number of unbranched alkanes of at least 4 members (excludes halogenated alkanes) is 1. The monoisotopic (exact) mass is 356 g/mol. The Balaban J connectivity index is 2.06. The highest BCUT2D eigenvalue weighted by Crippen LogP contribution is 2.31. The second-order valence-corrected chi connectivity index (χ2v) is 8.07. The van der Waals surface area contributed by atoms with E-state index in [4.69, 9.17) is 9.47 Å². The van der Waals surface area contributed by atoms with Gasteiger partial charge in [-0.3, -0.25) is 0 Å². The van der Waals surface area contributed by atoms with Crippen molar-refractivity contribution < 1.29 is 17.9 Å². The highest BCUT2D eigenvalue weighted by Gasteiger charge is 2.31. The molecule has 0 saturated heterocycles. The summed E-state index contributed by atoms with van der Waals surface area (Å²) in [5.74, 6) is 1.38. The van der Waals surface area contributed by atoms with Gasteiger partial charge in [-0.2, -0.15) is 17.0 Å². The first-order chi connectivity index (χ1) is 11.5. The molecule has 1 aliphatic rings. The molecule has 0 saturated carbocycles. The quantitative estimate of drug-likeness (QED) is 0.682. The molecular weight excluding hydrogens is 328 g/mol. The molecule has 136 valence electrons. The summed E-state index contributed by atoms with van der Waals surface area (Å²) in [5.41, 5.74) is 0. The third kappa shape index (κ3) is 4.62. The largest absolute Gasteiger partial charge is 0.486 e. The minimum Gasteiger partial charge on any atom is -0.486 e. The lowest BCUT2D eigenvalue weighted by Crippen LogP contribution is -2.48. The second-order valence-electron chi connectivity index (χ2n) is 6.04. The molecule has 24 heavy (non-hydrogen) atoms. The zero-order valence-corrected chi connectivity index (χ0v) is 15.6. The van der Waals surface area contributed by atoms with Crippen molar-refractivity contribution in [2.45, 2.75) is 39.2 Å². The van der Waals surface area contributed by atoms with Gasteiger partial charge in [-0.25, -0.2) is 0 Å². The van der Waals surface area contributed by atoms with Crippen molar-refractivity contribution in [1.82, 2.24) is 8.61 Å². The van der Waals surface area contributed by atoms with E-state index in [1.807, 2.05) is 31.2 Å². The van der Waals surface area contributed by atoms with Crippen LogP contribution in [-0.2, 0) is 10.2 Å². The Labute approximate surface area is 145 Å². The fourth-order valence-corrected chi connectivity index (χ4v) is 4.15. The molecule has 1 heterocycles. The fourth-order valence-electron chi connectivity index (χ4n) is 2.62. The van der Waals surface area contributed by atoms with Crippen molar-refractivity contribution in [2.75, 3.05) is 33.3 Å². The highest BCUT2D eigenvalue weighted by molar-refractivity contribution is 7.86. The van der Waals surface area contributed by atoms with Crippen LogP contribution in [0.1, 0.15) is 33.1 Å². The van der Waals surface area contributed by atoms with Gasteiger partial charge in [-0.1, -0.05) is 32.4 Å². The Bertz CT molecular complexity index is 621. The van der Waals surface area contributed by atoms with E-state index in [1.165, 1.54) is 8.61 Å². The molecule has 1 aromatic carbocycles. The van der Waals surface area contributed by atoms with Gasteiger partial charge in [0.2, 0.25) is 0 Å². The van der Waals surface area contributed by atoms with E-state index in [-0.39, 0.29) is 6.10 Å². The summed E-state index contributed by atoms with van der Waals surface area (Å²) < 4.78 is 40.1. The van der Waals surface area contributed by atoms with Crippen molar-refractivity contribution in [3.05, 3.63) is 24.3 Å². The van der Waals surface area contributed by atoms with Gasteiger partial charge in [0, 0.05) is 20.1 Å². The number of benzene rings is 1. The van der Waals surface area contributed by atoms with Gasteiger partial charge in [0.15, 0.2) is 11.5 Å². The summed E-state index contributed by atoms with van der Waals surface area (Å²) in [5, 5.41) is 0. The Kier molecular flexibility index (Phi) is 6.89. The van der Waals surface area contributed by atoms with Gasteiger partial charge < -0.3 is 9.47 Å². The summed E-state index contributed by atoms with van der Waals surface area (Å²) >= 11 is 0. The summed E-state index contributed by atoms with van der Waals surface area (Å²) in [7, 11) is -1.84. The van der Waals surface area contributed by atoms with E-state index in [0.717, 1.165) is 19.3 Å². The van der Waals surface area contributed by atoms with Gasteiger partial charge in [0.1, 0.15) is 12.7 Å². The zero-order chi connectivity index (χ0) is 17.6. The standard InChI is InChI=1S/C17H28N2O4S/c1-4-6-12-18(3)24(20,21)19(11-5-2)13-15-14-22-16-9-7-8-10-17(16)23-15/h7-10,15H,4-6,11-14H2,1-3H3. The molecule has 0 bridgehead atoms. The zero-order valence-electron chi connectivity index (χ0n) is 14.8. The molecule has 0 amide bonds. The smallest absolute Gasteiger partial charge is 0.281 e. The van der Waals surface area contributed by atoms with Crippen LogP contribution in [0.25, 0.3) is 0 Å². The molecule has 1 unspecified atom stereocenters. The molecule has 7 heteroatoms. The van der Waals surface area contributed by atoms with Crippen LogP contribution in [-0.4, -0.2) is 56.4 Å². The minimum absolute atomic E-state index is 0.293. The molecule has 1 atom stereocenters. The number of nitrogens with zero attached hydrogens (tertiary/aromatic N) is 2. The van der Waals surface area contributed by atoms with Gasteiger partial charge in [-0.05, 0) is 25.0 Å². The lowest BCUT2D eigenvalue weighted by Gasteiger charge is -2.32. The van der Waals surface area contributed by atoms with E-state index < -0.39 is 10.2 Å². The van der Waals surface area contributed by atoms with Crippen LogP contribution in [0.5, 0.6) is 11.5 Å². The van der Waals surface area contributed by atoms with Gasteiger partial charge >= 0.3 is 0 Å². The first kappa shape index (κ1) is 19.0. The van der Waals surface area contributed by atoms with Crippen LogP contribution in [0.3, 0.4) is 0 Å². The average Bonchev–Trinajstić information content (AvgIpc) is 2.59. The van der Waals surface area contributed by atoms with E-state index in [9.17, 15) is 8.42 Å². The minimum atomic E-state index is -3.48. The Morgan fingerprint density at radius 1 is 1.12 bits per heavy atom. The molecule has 0 fully saturated rings. The third-order valence-electron chi connectivity index (χ3n) is 3.99. The third-order valence-corrected chi connectivity index (χ3v) is 5.95. The molecule has 2 rings (SSSR count). The average molecular weight is 356 g/mol. The predicted octanol–water partition coefficient (Wildman–Crippen LogP) is 2.52. The maximum absolute atomic E-state index is 12.8. The number of para-hydroxylation sites is 2. The maximum atomic E-state index is 12.8. The Morgan fingerprint density at radius 2 is 1.83 bits per heavy atom. The van der Waals surface area contributed by atoms with Gasteiger partial charge in [0.05, 0.1) is 6.54 Å². The van der Waals surface area contributed by atoms with Crippen molar-refractivity contribution in [3.63, 3.8) is 0 Å². The Hall–Kier alpha value is -1.31. The molecular formula is C17H28N2O4S. The molecule has 6 nitrogen and oxygen atoms in total. The van der Waals surface area contributed by atoms with E-state index in [1.54, 1.807) is 7.05 Å². The number of hydrogen-bond donors (Lipinski definition) is 0. The Morgan fingerprint density at radius 3 is 2.50 bits per heavy atom. The van der Waals surface area contributed by atoms with E-state index in [2.05, 4.69) is 6.92 Å². The number of ether oxygens (including phenoxy) is 2. The molecule has 1 aliphatic heterocycles. The summed E-state index contributed by atoms with van der Waals surface area (Å²) in [6.07, 6.45) is 2.27. The molecule has 0 spiro atoms. The molecule has 0 radical (unpaired) electrons. The highest BCUT2D eigenvalue weighted by atomic mass is 32.2. The van der Waals surface area contributed by atoms with Crippen LogP contribution in [0.15, 0.2) is 24.3 Å². The molecule has 0 N–H and O–H groups in total. The van der Waals surface area contributed by atoms with Crippen LogP contribution >= 0.6 is 0 Å². The van der Waals surface area contributed by atoms with Crippen molar-refractivity contribution >= 4 is 10.2 Å². The summed E-state index contributed by atoms with van der Waals surface area (Å²) in [4.78, 5) is 0. The maximum Gasteiger partial charge on any atom is 0.281 e. The SMILES string of the molecule is CCCCN(C)S(=O)(=O)N(CCC)CC1COc2ccccc2O1.